The van der Waals surface area contributed by atoms with Crippen molar-refractivity contribution in [1.82, 2.24) is 0 Å². The average molecular weight is 276 g/mol. The van der Waals surface area contributed by atoms with E-state index >= 15 is 0 Å². The van der Waals surface area contributed by atoms with Gasteiger partial charge in [0.1, 0.15) is 0 Å². The molecule has 0 radical (unpaired) electrons. The number of carboxylic acids is 1. The molecule has 0 saturated heterocycles. The van der Waals surface area contributed by atoms with Gasteiger partial charge in [-0.05, 0) is 35.4 Å². The standard InChI is InChI=1S/C15H14ClNO2/c16-13-3-1-2-12(8-13)10-17-14-6-4-11(5-7-14)9-15(18)19/h1-8,17H,9-10H2,(H,18,19). The number of carboxylic acid groups (broad SMARTS) is 1. The van der Waals surface area contributed by atoms with Gasteiger partial charge < -0.3 is 10.4 Å². The van der Waals surface area contributed by atoms with Crippen LogP contribution in [0.1, 0.15) is 11.1 Å². The number of aliphatic carboxylic acids is 1. The Morgan fingerprint density at radius 2 is 1.84 bits per heavy atom. The molecule has 2 aromatic carbocycles. The van der Waals surface area contributed by atoms with Crippen molar-refractivity contribution < 1.29 is 9.90 Å². The summed E-state index contributed by atoms with van der Waals surface area (Å²) in [5.41, 5.74) is 2.84. The number of anilines is 1. The second-order valence-electron chi connectivity index (χ2n) is 4.25. The lowest BCUT2D eigenvalue weighted by Crippen LogP contribution is -2.01. The minimum Gasteiger partial charge on any atom is -0.481 e. The zero-order valence-electron chi connectivity index (χ0n) is 10.3. The van der Waals surface area contributed by atoms with Gasteiger partial charge in [-0.2, -0.15) is 0 Å². The van der Waals surface area contributed by atoms with E-state index in [1.165, 1.54) is 0 Å². The summed E-state index contributed by atoms with van der Waals surface area (Å²) in [5, 5.41) is 12.7. The van der Waals surface area contributed by atoms with E-state index in [-0.39, 0.29) is 6.42 Å². The lowest BCUT2D eigenvalue weighted by atomic mass is 10.1. The van der Waals surface area contributed by atoms with Crippen molar-refractivity contribution in [3.63, 3.8) is 0 Å². The van der Waals surface area contributed by atoms with Crippen molar-refractivity contribution in [1.29, 1.82) is 0 Å². The zero-order valence-corrected chi connectivity index (χ0v) is 11.0. The van der Waals surface area contributed by atoms with Crippen LogP contribution in [0.2, 0.25) is 5.02 Å². The van der Waals surface area contributed by atoms with Crippen LogP contribution >= 0.6 is 11.6 Å². The molecule has 0 amide bonds. The summed E-state index contributed by atoms with van der Waals surface area (Å²) in [4.78, 5) is 10.6. The van der Waals surface area contributed by atoms with Gasteiger partial charge >= 0.3 is 5.97 Å². The maximum Gasteiger partial charge on any atom is 0.307 e. The Balaban J connectivity index is 1.94. The maximum absolute atomic E-state index is 10.6. The number of carbonyl (C=O) groups is 1. The second kappa shape index (κ2) is 6.25. The molecule has 19 heavy (non-hydrogen) atoms. The van der Waals surface area contributed by atoms with Crippen LogP contribution in [0.3, 0.4) is 0 Å². The molecule has 0 bridgehead atoms. The molecule has 2 aromatic rings. The Hall–Kier alpha value is -2.00. The van der Waals surface area contributed by atoms with Crippen LogP contribution in [0.5, 0.6) is 0 Å². The van der Waals surface area contributed by atoms with Gasteiger partial charge in [0, 0.05) is 17.3 Å². The lowest BCUT2D eigenvalue weighted by Gasteiger charge is -2.07. The van der Waals surface area contributed by atoms with Crippen LogP contribution in [0.15, 0.2) is 48.5 Å². The Bertz CT molecular complexity index is 567. The third kappa shape index (κ3) is 4.30. The predicted molar refractivity (Wildman–Crippen MR) is 76.6 cm³/mol. The fourth-order valence-electron chi connectivity index (χ4n) is 1.77. The van der Waals surface area contributed by atoms with Crippen molar-refractivity contribution in [2.75, 3.05) is 5.32 Å². The van der Waals surface area contributed by atoms with Crippen molar-refractivity contribution in [3.05, 3.63) is 64.7 Å². The van der Waals surface area contributed by atoms with Crippen LogP contribution < -0.4 is 5.32 Å². The minimum atomic E-state index is -0.820. The molecular weight excluding hydrogens is 262 g/mol. The van der Waals surface area contributed by atoms with E-state index in [9.17, 15) is 4.79 Å². The van der Waals surface area contributed by atoms with E-state index in [1.807, 2.05) is 48.5 Å². The van der Waals surface area contributed by atoms with E-state index in [0.717, 1.165) is 21.8 Å². The highest BCUT2D eigenvalue weighted by atomic mass is 35.5. The first-order chi connectivity index (χ1) is 9.13. The fourth-order valence-corrected chi connectivity index (χ4v) is 1.98. The molecule has 2 N–H and O–H groups in total. The van der Waals surface area contributed by atoms with Crippen LogP contribution in [0.25, 0.3) is 0 Å². The molecule has 4 heteroatoms. The van der Waals surface area contributed by atoms with E-state index < -0.39 is 5.97 Å². The summed E-state index contributed by atoms with van der Waals surface area (Å²) in [5.74, 6) is -0.820. The van der Waals surface area contributed by atoms with Gasteiger partial charge in [-0.1, -0.05) is 35.9 Å². The number of halogens is 1. The van der Waals surface area contributed by atoms with Gasteiger partial charge in [-0.15, -0.1) is 0 Å². The lowest BCUT2D eigenvalue weighted by molar-refractivity contribution is -0.136. The Morgan fingerprint density at radius 3 is 2.47 bits per heavy atom. The molecule has 0 heterocycles. The smallest absolute Gasteiger partial charge is 0.307 e. The average Bonchev–Trinajstić information content (AvgIpc) is 2.37. The van der Waals surface area contributed by atoms with Gasteiger partial charge in [0.15, 0.2) is 0 Å². The molecule has 0 aliphatic rings. The van der Waals surface area contributed by atoms with Crippen LogP contribution in [0.4, 0.5) is 5.69 Å². The molecule has 0 unspecified atom stereocenters. The van der Waals surface area contributed by atoms with Gasteiger partial charge in [-0.3, -0.25) is 4.79 Å². The molecule has 0 aromatic heterocycles. The molecule has 0 saturated carbocycles. The molecule has 98 valence electrons. The molecule has 0 aliphatic carbocycles. The van der Waals surface area contributed by atoms with Crippen molar-refractivity contribution in [2.24, 2.45) is 0 Å². The van der Waals surface area contributed by atoms with Crippen molar-refractivity contribution in [3.8, 4) is 0 Å². The molecule has 3 nitrogen and oxygen atoms in total. The Kier molecular flexibility index (Phi) is 4.42. The summed E-state index contributed by atoms with van der Waals surface area (Å²) in [7, 11) is 0. The molecule has 0 atom stereocenters. The summed E-state index contributed by atoms with van der Waals surface area (Å²) in [6.45, 7) is 0.679. The normalized spacial score (nSPS) is 10.2. The van der Waals surface area contributed by atoms with Crippen molar-refractivity contribution in [2.45, 2.75) is 13.0 Å². The first-order valence-corrected chi connectivity index (χ1v) is 6.30. The SMILES string of the molecule is O=C(O)Cc1ccc(NCc2cccc(Cl)c2)cc1. The summed E-state index contributed by atoms with van der Waals surface area (Å²) in [6.07, 6.45) is 0.0502. The summed E-state index contributed by atoms with van der Waals surface area (Å²) < 4.78 is 0. The highest BCUT2D eigenvalue weighted by Crippen LogP contribution is 2.14. The van der Waals surface area contributed by atoms with Crippen LogP contribution in [-0.4, -0.2) is 11.1 Å². The minimum absolute atomic E-state index is 0.0502. The van der Waals surface area contributed by atoms with Gasteiger partial charge in [0.2, 0.25) is 0 Å². The molecular formula is C15H14ClNO2. The van der Waals surface area contributed by atoms with Gasteiger partial charge in [0.25, 0.3) is 0 Å². The molecule has 0 aliphatic heterocycles. The monoisotopic (exact) mass is 275 g/mol. The number of benzene rings is 2. The third-order valence-corrected chi connectivity index (χ3v) is 2.93. The second-order valence-corrected chi connectivity index (χ2v) is 4.69. The largest absolute Gasteiger partial charge is 0.481 e. The van der Waals surface area contributed by atoms with E-state index in [1.54, 1.807) is 0 Å². The maximum atomic E-state index is 10.6. The topological polar surface area (TPSA) is 49.3 Å². The number of rotatable bonds is 5. The van der Waals surface area contributed by atoms with E-state index in [2.05, 4.69) is 5.32 Å². The first kappa shape index (κ1) is 13.4. The fraction of sp³-hybridized carbons (Fsp3) is 0.133. The highest BCUT2D eigenvalue weighted by Gasteiger charge is 2.00. The molecule has 0 spiro atoms. The summed E-state index contributed by atoms with van der Waals surface area (Å²) in [6, 6.07) is 15.0. The molecule has 2 rings (SSSR count). The Labute approximate surface area is 116 Å². The quantitative estimate of drug-likeness (QED) is 0.877. The Morgan fingerprint density at radius 1 is 1.11 bits per heavy atom. The summed E-state index contributed by atoms with van der Waals surface area (Å²) >= 11 is 5.91. The predicted octanol–water partition coefficient (Wildman–Crippen LogP) is 3.58. The first-order valence-electron chi connectivity index (χ1n) is 5.92. The number of hydrogen-bond acceptors (Lipinski definition) is 2. The van der Waals surface area contributed by atoms with E-state index in [4.69, 9.17) is 16.7 Å². The molecule has 0 fully saturated rings. The zero-order chi connectivity index (χ0) is 13.7. The van der Waals surface area contributed by atoms with Crippen LogP contribution in [-0.2, 0) is 17.8 Å². The third-order valence-electron chi connectivity index (χ3n) is 2.69. The van der Waals surface area contributed by atoms with Gasteiger partial charge in [0.05, 0.1) is 6.42 Å². The van der Waals surface area contributed by atoms with Crippen molar-refractivity contribution >= 4 is 23.3 Å². The van der Waals surface area contributed by atoms with E-state index in [0.29, 0.717) is 6.54 Å². The number of nitrogens with one attached hydrogen (secondary N) is 1. The highest BCUT2D eigenvalue weighted by molar-refractivity contribution is 6.30. The number of hydrogen-bond donors (Lipinski definition) is 2. The van der Waals surface area contributed by atoms with Gasteiger partial charge in [-0.25, -0.2) is 0 Å². The van der Waals surface area contributed by atoms with Crippen LogP contribution in [0, 0.1) is 0 Å².